The highest BCUT2D eigenvalue weighted by Crippen LogP contribution is 2.26. The van der Waals surface area contributed by atoms with Gasteiger partial charge in [0.1, 0.15) is 10.7 Å². The molecule has 1 aliphatic rings. The standard InChI is InChI=1S/C13H20FN3O2S/c1-10(2)16-6-8-17(9-7-16)20(18,19)13-11(14)4-3-5-12(13)15/h3-5,10H,6-9,15H2,1-2H3. The average Bonchev–Trinajstić information content (AvgIpc) is 2.38. The fraction of sp³-hybridized carbons (Fsp3) is 0.538. The molecule has 0 aliphatic carbocycles. The van der Waals surface area contributed by atoms with Crippen molar-refractivity contribution in [2.45, 2.75) is 24.8 Å². The second kappa shape index (κ2) is 5.67. The molecule has 0 amide bonds. The molecule has 2 rings (SSSR count). The molecule has 0 bridgehead atoms. The number of nitrogen functional groups attached to an aromatic ring is 1. The Morgan fingerprint density at radius 2 is 1.80 bits per heavy atom. The Hall–Kier alpha value is -1.18. The van der Waals surface area contributed by atoms with Gasteiger partial charge in [-0.1, -0.05) is 6.07 Å². The van der Waals surface area contributed by atoms with Gasteiger partial charge in [0.05, 0.1) is 5.69 Å². The van der Waals surface area contributed by atoms with Crippen molar-refractivity contribution >= 4 is 15.7 Å². The molecule has 1 heterocycles. The lowest BCUT2D eigenvalue weighted by molar-refractivity contribution is 0.154. The van der Waals surface area contributed by atoms with Crippen molar-refractivity contribution in [2.24, 2.45) is 0 Å². The van der Waals surface area contributed by atoms with E-state index in [1.54, 1.807) is 0 Å². The number of anilines is 1. The third-order valence-corrected chi connectivity index (χ3v) is 5.59. The van der Waals surface area contributed by atoms with Gasteiger partial charge in [-0.15, -0.1) is 0 Å². The Kier molecular flexibility index (Phi) is 4.31. The lowest BCUT2D eigenvalue weighted by atomic mass is 10.3. The fourth-order valence-electron chi connectivity index (χ4n) is 2.39. The van der Waals surface area contributed by atoms with E-state index in [4.69, 9.17) is 5.73 Å². The van der Waals surface area contributed by atoms with Crippen LogP contribution >= 0.6 is 0 Å². The van der Waals surface area contributed by atoms with Crippen LogP contribution in [0.2, 0.25) is 0 Å². The van der Waals surface area contributed by atoms with E-state index in [-0.39, 0.29) is 5.69 Å². The summed E-state index contributed by atoms with van der Waals surface area (Å²) >= 11 is 0. The first-order valence-electron chi connectivity index (χ1n) is 6.62. The summed E-state index contributed by atoms with van der Waals surface area (Å²) in [6, 6.07) is 4.30. The first-order chi connectivity index (χ1) is 9.34. The van der Waals surface area contributed by atoms with E-state index in [2.05, 4.69) is 18.7 Å². The van der Waals surface area contributed by atoms with Crippen LogP contribution in [0.1, 0.15) is 13.8 Å². The zero-order chi connectivity index (χ0) is 14.9. The van der Waals surface area contributed by atoms with Crippen LogP contribution in [0.4, 0.5) is 10.1 Å². The van der Waals surface area contributed by atoms with Crippen molar-refractivity contribution in [1.29, 1.82) is 0 Å². The molecule has 1 aliphatic heterocycles. The van der Waals surface area contributed by atoms with E-state index < -0.39 is 20.7 Å². The Morgan fingerprint density at radius 3 is 2.30 bits per heavy atom. The van der Waals surface area contributed by atoms with E-state index in [9.17, 15) is 12.8 Å². The molecule has 7 heteroatoms. The van der Waals surface area contributed by atoms with Gasteiger partial charge in [0.25, 0.3) is 0 Å². The molecule has 112 valence electrons. The van der Waals surface area contributed by atoms with E-state index >= 15 is 0 Å². The van der Waals surface area contributed by atoms with Crippen LogP contribution < -0.4 is 5.73 Å². The maximum Gasteiger partial charge on any atom is 0.248 e. The maximum absolute atomic E-state index is 13.8. The summed E-state index contributed by atoms with van der Waals surface area (Å²) in [7, 11) is -3.87. The van der Waals surface area contributed by atoms with Crippen molar-refractivity contribution in [2.75, 3.05) is 31.9 Å². The van der Waals surface area contributed by atoms with Crippen molar-refractivity contribution in [3.05, 3.63) is 24.0 Å². The Balaban J connectivity index is 2.25. The molecule has 0 spiro atoms. The second-order valence-electron chi connectivity index (χ2n) is 5.19. The predicted octanol–water partition coefficient (Wildman–Crippen LogP) is 1.12. The molecule has 0 saturated carbocycles. The van der Waals surface area contributed by atoms with Crippen LogP contribution in [0, 0.1) is 5.82 Å². The molecular formula is C13H20FN3O2S. The second-order valence-corrected chi connectivity index (χ2v) is 7.07. The van der Waals surface area contributed by atoms with Gasteiger partial charge in [0.2, 0.25) is 10.0 Å². The van der Waals surface area contributed by atoms with Crippen LogP contribution in [-0.4, -0.2) is 49.8 Å². The van der Waals surface area contributed by atoms with Crippen LogP contribution in [0.25, 0.3) is 0 Å². The highest BCUT2D eigenvalue weighted by Gasteiger charge is 2.32. The molecule has 0 radical (unpaired) electrons. The highest BCUT2D eigenvalue weighted by atomic mass is 32.2. The summed E-state index contributed by atoms with van der Waals surface area (Å²) in [5.74, 6) is -0.795. The molecule has 0 aromatic heterocycles. The van der Waals surface area contributed by atoms with E-state index in [1.807, 2.05) is 0 Å². The number of hydrogen-bond donors (Lipinski definition) is 1. The minimum absolute atomic E-state index is 0.0451. The van der Waals surface area contributed by atoms with Crippen LogP contribution in [-0.2, 0) is 10.0 Å². The normalized spacial score (nSPS) is 18.6. The lowest BCUT2D eigenvalue weighted by Crippen LogP contribution is -2.50. The van der Waals surface area contributed by atoms with E-state index in [1.165, 1.54) is 16.4 Å². The zero-order valence-electron chi connectivity index (χ0n) is 11.7. The number of piperazine rings is 1. The third-order valence-electron chi connectivity index (χ3n) is 3.60. The quantitative estimate of drug-likeness (QED) is 0.850. The fourth-order valence-corrected chi connectivity index (χ4v) is 3.97. The highest BCUT2D eigenvalue weighted by molar-refractivity contribution is 7.89. The van der Waals surface area contributed by atoms with Crippen molar-refractivity contribution < 1.29 is 12.8 Å². The van der Waals surface area contributed by atoms with E-state index in [0.29, 0.717) is 32.2 Å². The number of nitrogens with zero attached hydrogens (tertiary/aromatic N) is 2. The zero-order valence-corrected chi connectivity index (χ0v) is 12.5. The molecule has 20 heavy (non-hydrogen) atoms. The number of benzene rings is 1. The van der Waals surface area contributed by atoms with Crippen LogP contribution in [0.3, 0.4) is 0 Å². The molecule has 1 fully saturated rings. The Morgan fingerprint density at radius 1 is 1.20 bits per heavy atom. The Bertz CT molecular complexity index is 561. The van der Waals surface area contributed by atoms with Crippen molar-refractivity contribution in [3.63, 3.8) is 0 Å². The number of hydrogen-bond acceptors (Lipinski definition) is 4. The van der Waals surface area contributed by atoms with Gasteiger partial charge in [-0.05, 0) is 26.0 Å². The number of nitrogens with two attached hydrogens (primary N) is 1. The topological polar surface area (TPSA) is 66.6 Å². The summed E-state index contributed by atoms with van der Waals surface area (Å²) in [5.41, 5.74) is 5.59. The molecular weight excluding hydrogens is 281 g/mol. The number of sulfonamides is 1. The van der Waals surface area contributed by atoms with Crippen molar-refractivity contribution in [1.82, 2.24) is 9.21 Å². The predicted molar refractivity (Wildman–Crippen MR) is 76.3 cm³/mol. The maximum atomic E-state index is 13.8. The van der Waals surface area contributed by atoms with Gasteiger partial charge in [-0.2, -0.15) is 4.31 Å². The Labute approximate surface area is 119 Å². The SMILES string of the molecule is CC(C)N1CCN(S(=O)(=O)c2c(N)cccc2F)CC1. The van der Waals surface area contributed by atoms with Gasteiger partial charge in [0.15, 0.2) is 0 Å². The summed E-state index contributed by atoms with van der Waals surface area (Å²) in [6.45, 7) is 6.14. The lowest BCUT2D eigenvalue weighted by Gasteiger charge is -2.36. The van der Waals surface area contributed by atoms with Gasteiger partial charge in [-0.3, -0.25) is 4.90 Å². The summed E-state index contributed by atoms with van der Waals surface area (Å²) in [5, 5.41) is 0. The average molecular weight is 301 g/mol. The molecule has 0 unspecified atom stereocenters. The summed E-state index contributed by atoms with van der Waals surface area (Å²) in [4.78, 5) is 1.79. The summed E-state index contributed by atoms with van der Waals surface area (Å²) in [6.07, 6.45) is 0. The van der Waals surface area contributed by atoms with Crippen molar-refractivity contribution in [3.8, 4) is 0 Å². The first-order valence-corrected chi connectivity index (χ1v) is 8.06. The van der Waals surface area contributed by atoms with Gasteiger partial charge < -0.3 is 5.73 Å². The number of rotatable bonds is 3. The van der Waals surface area contributed by atoms with E-state index in [0.717, 1.165) is 6.07 Å². The van der Waals surface area contributed by atoms with Gasteiger partial charge >= 0.3 is 0 Å². The number of halogens is 1. The third kappa shape index (κ3) is 2.79. The first kappa shape index (κ1) is 15.2. The largest absolute Gasteiger partial charge is 0.398 e. The smallest absolute Gasteiger partial charge is 0.248 e. The van der Waals surface area contributed by atoms with Crippen LogP contribution in [0.15, 0.2) is 23.1 Å². The minimum atomic E-state index is -3.87. The van der Waals surface area contributed by atoms with Crippen LogP contribution in [0.5, 0.6) is 0 Å². The molecule has 1 aromatic rings. The van der Waals surface area contributed by atoms with Gasteiger partial charge in [0, 0.05) is 32.2 Å². The molecule has 0 atom stereocenters. The molecule has 1 aromatic carbocycles. The minimum Gasteiger partial charge on any atom is -0.398 e. The van der Waals surface area contributed by atoms with Gasteiger partial charge in [-0.25, -0.2) is 12.8 Å². The molecule has 5 nitrogen and oxygen atoms in total. The summed E-state index contributed by atoms with van der Waals surface area (Å²) < 4.78 is 40.1. The monoisotopic (exact) mass is 301 g/mol. The molecule has 1 saturated heterocycles. The molecule has 2 N–H and O–H groups in total.